The molecule has 4 N–H and O–H groups in total. The number of carbonyl (C=O) groups excluding carboxylic acids is 2. The molecule has 3 amide bonds. The highest BCUT2D eigenvalue weighted by Gasteiger charge is 2.21. The Labute approximate surface area is 129 Å². The van der Waals surface area contributed by atoms with Gasteiger partial charge in [-0.05, 0) is 42.7 Å². The first-order valence-electron chi connectivity index (χ1n) is 6.96. The molecule has 0 fully saturated rings. The molecule has 2 aromatic carbocycles. The van der Waals surface area contributed by atoms with E-state index in [9.17, 15) is 9.59 Å². The van der Waals surface area contributed by atoms with Crippen LogP contribution < -0.4 is 16.4 Å². The molecule has 2 aromatic rings. The molecule has 0 saturated heterocycles. The van der Waals surface area contributed by atoms with Crippen LogP contribution in [0.3, 0.4) is 0 Å². The summed E-state index contributed by atoms with van der Waals surface area (Å²) in [5, 5.41) is 5.27. The number of nitrogens with one attached hydrogen (secondary N) is 2. The van der Waals surface area contributed by atoms with Crippen LogP contribution in [0.1, 0.15) is 22.7 Å². The number of urea groups is 1. The highest BCUT2D eigenvalue weighted by atomic mass is 16.2. The number of carbonyl (C=O) groups is 2. The predicted molar refractivity (Wildman–Crippen MR) is 86.4 cm³/mol. The van der Waals surface area contributed by atoms with Gasteiger partial charge in [0.2, 0.25) is 0 Å². The van der Waals surface area contributed by atoms with Crippen LogP contribution in [0.5, 0.6) is 0 Å². The van der Waals surface area contributed by atoms with Crippen molar-refractivity contribution in [2.75, 3.05) is 5.32 Å². The topological polar surface area (TPSA) is 84.2 Å². The number of rotatable bonds is 4. The third-order valence-corrected chi connectivity index (χ3v) is 3.46. The van der Waals surface area contributed by atoms with E-state index in [1.54, 1.807) is 0 Å². The Hall–Kier alpha value is -2.82. The molecule has 0 aliphatic carbocycles. The summed E-state index contributed by atoms with van der Waals surface area (Å²) >= 11 is 0. The van der Waals surface area contributed by atoms with Crippen molar-refractivity contribution < 1.29 is 9.59 Å². The maximum atomic E-state index is 12.2. The van der Waals surface area contributed by atoms with Gasteiger partial charge in [0.1, 0.15) is 6.04 Å². The summed E-state index contributed by atoms with van der Waals surface area (Å²) in [5.41, 5.74) is 8.89. The Bertz CT molecular complexity index is 684. The van der Waals surface area contributed by atoms with Gasteiger partial charge in [0.15, 0.2) is 0 Å². The van der Waals surface area contributed by atoms with Crippen molar-refractivity contribution in [2.24, 2.45) is 5.73 Å². The second-order valence-electron chi connectivity index (χ2n) is 5.14. The summed E-state index contributed by atoms with van der Waals surface area (Å²) in [6, 6.07) is 13.4. The molecule has 22 heavy (non-hydrogen) atoms. The third-order valence-electron chi connectivity index (χ3n) is 3.46. The van der Waals surface area contributed by atoms with E-state index >= 15 is 0 Å². The van der Waals surface area contributed by atoms with Gasteiger partial charge in [-0.1, -0.05) is 36.4 Å². The lowest BCUT2D eigenvalue weighted by atomic mass is 10.0. The fourth-order valence-electron chi connectivity index (χ4n) is 2.14. The van der Waals surface area contributed by atoms with Gasteiger partial charge in [0.25, 0.3) is 5.91 Å². The third kappa shape index (κ3) is 3.85. The van der Waals surface area contributed by atoms with Gasteiger partial charge in [0, 0.05) is 5.69 Å². The Morgan fingerprint density at radius 3 is 2.27 bits per heavy atom. The number of primary amides is 1. The molecule has 0 unspecified atom stereocenters. The number of hydrogen-bond acceptors (Lipinski definition) is 3. The van der Waals surface area contributed by atoms with Crippen molar-refractivity contribution in [3.8, 4) is 0 Å². The van der Waals surface area contributed by atoms with Crippen molar-refractivity contribution in [1.82, 2.24) is 5.32 Å². The van der Waals surface area contributed by atoms with Crippen LogP contribution in [0.2, 0.25) is 0 Å². The highest BCUT2D eigenvalue weighted by Crippen LogP contribution is 2.22. The highest BCUT2D eigenvalue weighted by molar-refractivity contribution is 5.98. The van der Waals surface area contributed by atoms with Gasteiger partial charge in [-0.25, -0.2) is 4.79 Å². The zero-order chi connectivity index (χ0) is 16.1. The molecule has 0 aliphatic rings. The van der Waals surface area contributed by atoms with Crippen LogP contribution in [0.25, 0.3) is 0 Å². The smallest absolute Gasteiger partial charge is 0.318 e. The minimum Gasteiger partial charge on any atom is -0.370 e. The lowest BCUT2D eigenvalue weighted by Crippen LogP contribution is -2.40. The van der Waals surface area contributed by atoms with Gasteiger partial charge in [0.05, 0.1) is 0 Å². The zero-order valence-corrected chi connectivity index (χ0v) is 12.6. The summed E-state index contributed by atoms with van der Waals surface area (Å²) in [5.74, 6) is -0.489. The molecular formula is C17H19N3O2. The van der Waals surface area contributed by atoms with E-state index in [-0.39, 0.29) is 0 Å². The number of anilines is 1. The average molecular weight is 297 g/mol. The Morgan fingerprint density at radius 1 is 1.00 bits per heavy atom. The zero-order valence-electron chi connectivity index (χ0n) is 12.6. The molecule has 0 aromatic heterocycles. The van der Waals surface area contributed by atoms with E-state index in [1.165, 1.54) is 5.56 Å². The maximum Gasteiger partial charge on any atom is 0.318 e. The van der Waals surface area contributed by atoms with E-state index in [4.69, 9.17) is 5.73 Å². The number of benzene rings is 2. The molecule has 0 spiro atoms. The molecule has 2 rings (SSSR count). The van der Waals surface area contributed by atoms with Crippen molar-refractivity contribution >= 4 is 17.6 Å². The second-order valence-corrected chi connectivity index (χ2v) is 5.14. The number of nitrogens with two attached hydrogens (primary N) is 1. The molecule has 5 heteroatoms. The molecule has 0 radical (unpaired) electrons. The number of hydrogen-bond donors (Lipinski definition) is 3. The molecule has 5 nitrogen and oxygen atoms in total. The fraction of sp³-hybridized carbons (Fsp3) is 0.176. The van der Waals surface area contributed by atoms with Crippen LogP contribution in [-0.2, 0) is 4.79 Å². The Balaban J connectivity index is 2.30. The normalized spacial score (nSPS) is 11.5. The van der Waals surface area contributed by atoms with E-state index in [1.807, 2.05) is 62.4 Å². The minimum absolute atomic E-state index is 0.489. The summed E-state index contributed by atoms with van der Waals surface area (Å²) < 4.78 is 0. The first-order valence-corrected chi connectivity index (χ1v) is 6.96. The number of amides is 3. The standard InChI is InChI=1S/C17H19N3O2/c1-11-8-9-14(10-12(11)2)19-15(16(21)20-17(18)22)13-6-4-3-5-7-13/h3-10,15,19H,1-2H3,(H3,18,20,21,22)/t15-/m0/s1. The van der Waals surface area contributed by atoms with E-state index in [0.717, 1.165) is 16.8 Å². The Kier molecular flexibility index (Phi) is 4.78. The summed E-state index contributed by atoms with van der Waals surface area (Å²) in [7, 11) is 0. The van der Waals surface area contributed by atoms with E-state index in [0.29, 0.717) is 0 Å². The lowest BCUT2D eigenvalue weighted by Gasteiger charge is -2.19. The second kappa shape index (κ2) is 6.76. The van der Waals surface area contributed by atoms with Gasteiger partial charge >= 0.3 is 6.03 Å². The van der Waals surface area contributed by atoms with Crippen molar-refractivity contribution in [2.45, 2.75) is 19.9 Å². The monoisotopic (exact) mass is 297 g/mol. The predicted octanol–water partition coefficient (Wildman–Crippen LogP) is 2.65. The van der Waals surface area contributed by atoms with Crippen molar-refractivity contribution in [1.29, 1.82) is 0 Å². The largest absolute Gasteiger partial charge is 0.370 e. The van der Waals surface area contributed by atoms with Crippen LogP contribution >= 0.6 is 0 Å². The van der Waals surface area contributed by atoms with Crippen LogP contribution in [0.4, 0.5) is 10.5 Å². The SMILES string of the molecule is Cc1ccc(N[C@H](C(=O)NC(N)=O)c2ccccc2)cc1C. The molecule has 114 valence electrons. The molecule has 0 heterocycles. The average Bonchev–Trinajstić information content (AvgIpc) is 2.48. The number of imide groups is 1. The summed E-state index contributed by atoms with van der Waals surface area (Å²) in [6.07, 6.45) is 0. The molecule has 0 bridgehead atoms. The van der Waals surface area contributed by atoms with Gasteiger partial charge in [-0.2, -0.15) is 0 Å². The maximum absolute atomic E-state index is 12.2. The van der Waals surface area contributed by atoms with Gasteiger partial charge in [-0.15, -0.1) is 0 Å². The Morgan fingerprint density at radius 2 is 1.68 bits per heavy atom. The van der Waals surface area contributed by atoms with Crippen LogP contribution in [0.15, 0.2) is 48.5 Å². The fourth-order valence-corrected chi connectivity index (χ4v) is 2.14. The molecule has 0 aliphatic heterocycles. The number of aryl methyl sites for hydroxylation is 2. The van der Waals surface area contributed by atoms with E-state index < -0.39 is 18.0 Å². The minimum atomic E-state index is -0.868. The molecule has 1 atom stereocenters. The summed E-state index contributed by atoms with van der Waals surface area (Å²) in [4.78, 5) is 23.2. The van der Waals surface area contributed by atoms with Crippen LogP contribution in [-0.4, -0.2) is 11.9 Å². The van der Waals surface area contributed by atoms with Crippen molar-refractivity contribution in [3.05, 3.63) is 65.2 Å². The molecular weight excluding hydrogens is 278 g/mol. The molecule has 0 saturated carbocycles. The first-order chi connectivity index (χ1) is 10.5. The van der Waals surface area contributed by atoms with Crippen LogP contribution in [0, 0.1) is 13.8 Å². The lowest BCUT2D eigenvalue weighted by molar-refractivity contribution is -0.120. The van der Waals surface area contributed by atoms with Gasteiger partial charge < -0.3 is 11.1 Å². The van der Waals surface area contributed by atoms with Gasteiger partial charge in [-0.3, -0.25) is 10.1 Å². The first kappa shape index (κ1) is 15.6. The van der Waals surface area contributed by atoms with Crippen molar-refractivity contribution in [3.63, 3.8) is 0 Å². The summed E-state index contributed by atoms with van der Waals surface area (Å²) in [6.45, 7) is 4.02. The van der Waals surface area contributed by atoms with E-state index in [2.05, 4.69) is 10.6 Å². The quantitative estimate of drug-likeness (QED) is 0.811.